The molecule has 1 aliphatic rings. The van der Waals surface area contributed by atoms with Crippen LogP contribution in [-0.2, 0) is 43.4 Å². The molecule has 0 amide bonds. The van der Waals surface area contributed by atoms with Gasteiger partial charge in [0.15, 0.2) is 18.5 Å². The van der Waals surface area contributed by atoms with E-state index in [9.17, 15) is 36.1 Å². The van der Waals surface area contributed by atoms with Crippen molar-refractivity contribution in [1.29, 1.82) is 0 Å². The Balaban J connectivity index is 1.99. The monoisotopic (exact) mass is 548 g/mol. The maximum atomic E-state index is 12.7. The minimum atomic E-state index is -5.33. The van der Waals surface area contributed by atoms with Crippen molar-refractivity contribution in [3.8, 4) is 0 Å². The zero-order valence-corrected chi connectivity index (χ0v) is 19.6. The van der Waals surface area contributed by atoms with Gasteiger partial charge in [-0.25, -0.2) is 18.0 Å². The van der Waals surface area contributed by atoms with E-state index in [1.807, 2.05) is 0 Å². The number of esters is 2. The molecule has 1 aliphatic heterocycles. The van der Waals surface area contributed by atoms with Crippen LogP contribution in [0.2, 0.25) is 0 Å². The molecule has 0 radical (unpaired) electrons. The van der Waals surface area contributed by atoms with Crippen LogP contribution in [0.4, 0.5) is 0 Å². The van der Waals surface area contributed by atoms with E-state index < -0.39 is 70.0 Å². The molecule has 0 aliphatic carbocycles. The number of aliphatic hydroxyl groups excluding tert-OH is 1. The number of hydrogen-bond acceptors (Lipinski definition) is 12. The molecule has 36 heavy (non-hydrogen) atoms. The van der Waals surface area contributed by atoms with Crippen molar-refractivity contribution < 1.29 is 63.2 Å². The van der Waals surface area contributed by atoms with Crippen LogP contribution in [0, 0.1) is 0 Å². The first kappa shape index (κ1) is 27.6. The fraction of sp³-hybridized carbons (Fsp3) is 0.300. The number of carbonyl (C=O) groups excluding carboxylic acids is 2. The molecule has 2 aromatic rings. The number of rotatable bonds is 9. The Morgan fingerprint density at radius 3 is 1.67 bits per heavy atom. The van der Waals surface area contributed by atoms with Crippen LogP contribution in [0.15, 0.2) is 60.7 Å². The van der Waals surface area contributed by atoms with Crippen molar-refractivity contribution in [2.24, 2.45) is 0 Å². The molecule has 0 bridgehead atoms. The molecule has 196 valence electrons. The van der Waals surface area contributed by atoms with Crippen LogP contribution in [0.3, 0.4) is 0 Å². The number of carbonyl (C=O) groups is 2. The first-order valence-electron chi connectivity index (χ1n) is 9.97. The summed E-state index contributed by atoms with van der Waals surface area (Å²) in [6.07, 6.45) is -10.1. The normalized spacial score (nSPS) is 24.6. The van der Waals surface area contributed by atoms with Gasteiger partial charge in [0.05, 0.1) is 17.7 Å². The molecular weight excluding hydrogens is 528 g/mol. The fourth-order valence-electron chi connectivity index (χ4n) is 3.23. The third-order valence-electron chi connectivity index (χ3n) is 4.73. The van der Waals surface area contributed by atoms with E-state index in [1.165, 1.54) is 48.5 Å². The molecule has 3 N–H and O–H groups in total. The molecule has 3 rings (SSSR count). The van der Waals surface area contributed by atoms with E-state index in [-0.39, 0.29) is 11.1 Å². The number of aliphatic hydroxyl groups is 1. The van der Waals surface area contributed by atoms with Gasteiger partial charge in [-0.2, -0.15) is 16.8 Å². The van der Waals surface area contributed by atoms with E-state index in [4.69, 9.17) is 18.8 Å². The lowest BCUT2D eigenvalue weighted by molar-refractivity contribution is -0.279. The fourth-order valence-corrected chi connectivity index (χ4v) is 4.05. The largest absolute Gasteiger partial charge is 0.452 e. The second-order valence-electron chi connectivity index (χ2n) is 7.24. The minimum Gasteiger partial charge on any atom is -0.452 e. The van der Waals surface area contributed by atoms with Gasteiger partial charge in [-0.3, -0.25) is 9.11 Å². The Morgan fingerprint density at radius 2 is 1.22 bits per heavy atom. The summed E-state index contributed by atoms with van der Waals surface area (Å²) in [6, 6.07) is 14.6. The molecule has 5 atom stereocenters. The Kier molecular flexibility index (Phi) is 8.75. The van der Waals surface area contributed by atoms with Gasteiger partial charge >= 0.3 is 32.7 Å². The van der Waals surface area contributed by atoms with Crippen LogP contribution in [-0.4, -0.2) is 80.3 Å². The van der Waals surface area contributed by atoms with Crippen molar-refractivity contribution in [3.63, 3.8) is 0 Å². The van der Waals surface area contributed by atoms with Gasteiger partial charge in [0.1, 0.15) is 12.2 Å². The summed E-state index contributed by atoms with van der Waals surface area (Å²) in [5.41, 5.74) is -0.0372. The summed E-state index contributed by atoms with van der Waals surface area (Å²) in [5, 5.41) is 10.5. The van der Waals surface area contributed by atoms with Crippen molar-refractivity contribution in [2.75, 3.05) is 6.61 Å². The first-order valence-corrected chi connectivity index (χ1v) is 12.7. The maximum Gasteiger partial charge on any atom is 0.397 e. The molecule has 0 spiro atoms. The molecule has 0 unspecified atom stereocenters. The molecule has 14 nitrogen and oxygen atoms in total. The van der Waals surface area contributed by atoms with Gasteiger partial charge < -0.3 is 19.3 Å². The molecule has 1 fully saturated rings. The van der Waals surface area contributed by atoms with Gasteiger partial charge in [-0.15, -0.1) is 0 Å². The van der Waals surface area contributed by atoms with Crippen molar-refractivity contribution in [3.05, 3.63) is 71.8 Å². The molecule has 1 heterocycles. The number of ether oxygens (including phenoxy) is 3. The molecule has 2 aromatic carbocycles. The average molecular weight is 549 g/mol. The van der Waals surface area contributed by atoms with Gasteiger partial charge in [0.2, 0.25) is 0 Å². The van der Waals surface area contributed by atoms with Crippen molar-refractivity contribution in [1.82, 2.24) is 0 Å². The highest BCUT2D eigenvalue weighted by molar-refractivity contribution is 7.81. The maximum absolute atomic E-state index is 12.7. The predicted molar refractivity (Wildman–Crippen MR) is 116 cm³/mol. The zero-order chi connectivity index (χ0) is 26.5. The average Bonchev–Trinajstić information content (AvgIpc) is 2.81. The predicted octanol–water partition coefficient (Wildman–Crippen LogP) is 0.162. The van der Waals surface area contributed by atoms with Crippen LogP contribution >= 0.6 is 0 Å². The molecular formula is C20H20O14S2. The highest BCUT2D eigenvalue weighted by atomic mass is 32.3. The van der Waals surface area contributed by atoms with Crippen LogP contribution < -0.4 is 0 Å². The Hall–Kier alpha value is -2.96. The third kappa shape index (κ3) is 7.77. The second kappa shape index (κ2) is 11.4. The van der Waals surface area contributed by atoms with E-state index >= 15 is 0 Å². The summed E-state index contributed by atoms with van der Waals surface area (Å²) in [6.45, 7) is -1.16. The molecule has 0 aromatic heterocycles. The van der Waals surface area contributed by atoms with Gasteiger partial charge in [0.25, 0.3) is 0 Å². The lowest BCUT2D eigenvalue weighted by Gasteiger charge is -2.42. The van der Waals surface area contributed by atoms with Crippen molar-refractivity contribution >= 4 is 32.7 Å². The topological polar surface area (TPSA) is 209 Å². The summed E-state index contributed by atoms with van der Waals surface area (Å²) < 4.78 is 87.5. The smallest absolute Gasteiger partial charge is 0.397 e. The Bertz CT molecular complexity index is 1260. The SMILES string of the molecule is O=C(O[C@@H]1[C@@H](OC(=O)c2ccccc2)[C@H](O)O[C@H](COS(=O)(=O)O)[C@H]1OS(=O)(=O)O)c1ccccc1. The highest BCUT2D eigenvalue weighted by Crippen LogP contribution is 2.30. The lowest BCUT2D eigenvalue weighted by atomic mass is 9.98. The number of benzene rings is 2. The molecule has 16 heteroatoms. The zero-order valence-electron chi connectivity index (χ0n) is 18.0. The summed E-state index contributed by atoms with van der Waals surface area (Å²) >= 11 is 0. The second-order valence-corrected chi connectivity index (χ2v) is 9.38. The van der Waals surface area contributed by atoms with Crippen LogP contribution in [0.1, 0.15) is 20.7 Å². The summed E-state index contributed by atoms with van der Waals surface area (Å²) in [5.74, 6) is -2.13. The standard InChI is InChI=1S/C20H20O14S2/c21-18(12-7-3-1-4-8-12)32-16-15(34-36(27,28)29)14(11-30-35(24,25)26)31-20(23)17(16)33-19(22)13-9-5-2-6-10-13/h1-10,14-17,20,23H,11H2,(H,24,25,26)(H,27,28,29)/t14-,15-,16+,17-,20-/m1/s1. The summed E-state index contributed by atoms with van der Waals surface area (Å²) in [7, 11) is -10.4. The van der Waals surface area contributed by atoms with Gasteiger partial charge in [-0.05, 0) is 24.3 Å². The Labute approximate surface area is 205 Å². The highest BCUT2D eigenvalue weighted by Gasteiger charge is 2.52. The van der Waals surface area contributed by atoms with E-state index in [0.717, 1.165) is 0 Å². The summed E-state index contributed by atoms with van der Waals surface area (Å²) in [4.78, 5) is 25.4. The molecule has 1 saturated heterocycles. The van der Waals surface area contributed by atoms with Crippen LogP contribution in [0.25, 0.3) is 0 Å². The van der Waals surface area contributed by atoms with Gasteiger partial charge in [-0.1, -0.05) is 36.4 Å². The molecule has 0 saturated carbocycles. The van der Waals surface area contributed by atoms with Crippen molar-refractivity contribution in [2.45, 2.75) is 30.7 Å². The first-order chi connectivity index (χ1) is 16.8. The van der Waals surface area contributed by atoms with Gasteiger partial charge in [0, 0.05) is 0 Å². The third-order valence-corrected chi connectivity index (χ3v) is 5.63. The van der Waals surface area contributed by atoms with Crippen LogP contribution in [0.5, 0.6) is 0 Å². The Morgan fingerprint density at radius 1 is 0.750 bits per heavy atom. The van der Waals surface area contributed by atoms with E-state index in [1.54, 1.807) is 12.1 Å². The number of hydrogen-bond donors (Lipinski definition) is 3. The lowest BCUT2D eigenvalue weighted by Crippen LogP contribution is -2.62. The minimum absolute atomic E-state index is 0.00177. The van der Waals surface area contributed by atoms with E-state index in [0.29, 0.717) is 0 Å². The quantitative estimate of drug-likeness (QED) is 0.282. The van der Waals surface area contributed by atoms with E-state index in [2.05, 4.69) is 8.37 Å².